The molecule has 5 nitrogen and oxygen atoms in total. The highest BCUT2D eigenvalue weighted by molar-refractivity contribution is 7.99. The van der Waals surface area contributed by atoms with E-state index in [4.69, 9.17) is 0 Å². The SMILES string of the molecule is COC(=O)C(C)SCc1ccc(-n2ccnc2)nc1. The average molecular weight is 277 g/mol. The lowest BCUT2D eigenvalue weighted by atomic mass is 10.3. The Balaban J connectivity index is 1.94. The molecule has 0 saturated carbocycles. The van der Waals surface area contributed by atoms with Gasteiger partial charge in [0.25, 0.3) is 0 Å². The van der Waals surface area contributed by atoms with E-state index in [2.05, 4.69) is 14.7 Å². The molecule has 0 N–H and O–H groups in total. The maximum absolute atomic E-state index is 11.3. The number of nitrogens with zero attached hydrogens (tertiary/aromatic N) is 3. The molecule has 0 aliphatic rings. The summed E-state index contributed by atoms with van der Waals surface area (Å²) in [7, 11) is 1.40. The summed E-state index contributed by atoms with van der Waals surface area (Å²) in [6, 6.07) is 3.93. The van der Waals surface area contributed by atoms with E-state index in [-0.39, 0.29) is 11.2 Å². The third-order valence-electron chi connectivity index (χ3n) is 2.61. The molecule has 100 valence electrons. The number of hydrogen-bond donors (Lipinski definition) is 0. The Kier molecular flexibility index (Phi) is 4.57. The van der Waals surface area contributed by atoms with Crippen LogP contribution in [-0.4, -0.2) is 32.9 Å². The molecule has 0 radical (unpaired) electrons. The standard InChI is InChI=1S/C13H15N3O2S/c1-10(13(17)18-2)19-8-11-3-4-12(15-7-11)16-6-5-14-9-16/h3-7,9-10H,8H2,1-2H3. The van der Waals surface area contributed by atoms with E-state index in [9.17, 15) is 4.79 Å². The largest absolute Gasteiger partial charge is 0.468 e. The maximum atomic E-state index is 11.3. The van der Waals surface area contributed by atoms with Crippen LogP contribution in [0.15, 0.2) is 37.1 Å². The maximum Gasteiger partial charge on any atom is 0.318 e. The zero-order valence-corrected chi connectivity index (χ0v) is 11.6. The third-order valence-corrected chi connectivity index (χ3v) is 3.80. The fourth-order valence-corrected chi connectivity index (χ4v) is 2.35. The summed E-state index contributed by atoms with van der Waals surface area (Å²) in [6.45, 7) is 1.84. The molecule has 0 amide bonds. The molecule has 2 aromatic rings. The van der Waals surface area contributed by atoms with Crippen molar-refractivity contribution in [1.29, 1.82) is 0 Å². The lowest BCUT2D eigenvalue weighted by Gasteiger charge is -2.08. The van der Waals surface area contributed by atoms with Gasteiger partial charge in [0.05, 0.1) is 12.4 Å². The zero-order chi connectivity index (χ0) is 13.7. The number of methoxy groups -OCH3 is 1. The number of ether oxygens (including phenoxy) is 1. The van der Waals surface area contributed by atoms with Gasteiger partial charge in [-0.15, -0.1) is 11.8 Å². The zero-order valence-electron chi connectivity index (χ0n) is 10.8. The van der Waals surface area contributed by atoms with Crippen LogP contribution in [0.25, 0.3) is 5.82 Å². The molecule has 0 spiro atoms. The number of pyridine rings is 1. The van der Waals surface area contributed by atoms with E-state index < -0.39 is 0 Å². The van der Waals surface area contributed by atoms with Gasteiger partial charge in [0, 0.05) is 24.3 Å². The van der Waals surface area contributed by atoms with Crippen molar-refractivity contribution in [3.05, 3.63) is 42.6 Å². The Bertz CT molecular complexity index is 525. The number of carbonyl (C=O) groups is 1. The fraction of sp³-hybridized carbons (Fsp3) is 0.308. The Labute approximate surface area is 116 Å². The summed E-state index contributed by atoms with van der Waals surface area (Å²) in [5, 5.41) is -0.168. The summed E-state index contributed by atoms with van der Waals surface area (Å²) < 4.78 is 6.52. The van der Waals surface area contributed by atoms with Crippen molar-refractivity contribution in [3.63, 3.8) is 0 Å². The summed E-state index contributed by atoms with van der Waals surface area (Å²) in [6.07, 6.45) is 7.07. The van der Waals surface area contributed by atoms with Crippen molar-refractivity contribution in [3.8, 4) is 5.82 Å². The molecule has 1 atom stereocenters. The molecule has 19 heavy (non-hydrogen) atoms. The van der Waals surface area contributed by atoms with E-state index >= 15 is 0 Å². The van der Waals surface area contributed by atoms with Gasteiger partial charge in [-0.3, -0.25) is 9.36 Å². The van der Waals surface area contributed by atoms with Crippen LogP contribution in [-0.2, 0) is 15.3 Å². The number of thioether (sulfide) groups is 1. The number of esters is 1. The first-order chi connectivity index (χ1) is 9.20. The monoisotopic (exact) mass is 277 g/mol. The predicted octanol–water partition coefficient (Wildman–Crippen LogP) is 2.06. The minimum atomic E-state index is -0.201. The van der Waals surface area contributed by atoms with Crippen molar-refractivity contribution >= 4 is 17.7 Å². The van der Waals surface area contributed by atoms with Gasteiger partial charge in [0.15, 0.2) is 0 Å². The first-order valence-corrected chi connectivity index (χ1v) is 6.88. The molecule has 0 aromatic carbocycles. The van der Waals surface area contributed by atoms with Crippen LogP contribution in [0.3, 0.4) is 0 Å². The van der Waals surface area contributed by atoms with Crippen molar-refractivity contribution in [2.24, 2.45) is 0 Å². The summed E-state index contributed by atoms with van der Waals surface area (Å²) >= 11 is 1.53. The first-order valence-electron chi connectivity index (χ1n) is 5.83. The van der Waals surface area contributed by atoms with Crippen LogP contribution in [0.5, 0.6) is 0 Å². The molecule has 0 bridgehead atoms. The van der Waals surface area contributed by atoms with E-state index in [1.807, 2.05) is 36.0 Å². The molecule has 2 heterocycles. The summed E-state index contributed by atoms with van der Waals surface area (Å²) in [5.41, 5.74) is 1.07. The van der Waals surface area contributed by atoms with Gasteiger partial charge in [0.2, 0.25) is 0 Å². The highest BCUT2D eigenvalue weighted by atomic mass is 32.2. The van der Waals surface area contributed by atoms with Gasteiger partial charge in [0.1, 0.15) is 12.1 Å². The molecular formula is C13H15N3O2S. The normalized spacial score (nSPS) is 12.1. The Morgan fingerprint density at radius 3 is 2.95 bits per heavy atom. The molecule has 2 aromatic heterocycles. The van der Waals surface area contributed by atoms with E-state index in [0.29, 0.717) is 0 Å². The van der Waals surface area contributed by atoms with Crippen LogP contribution in [0.1, 0.15) is 12.5 Å². The second-order valence-electron chi connectivity index (χ2n) is 3.97. The van der Waals surface area contributed by atoms with Gasteiger partial charge in [-0.25, -0.2) is 9.97 Å². The van der Waals surface area contributed by atoms with Gasteiger partial charge in [-0.05, 0) is 18.6 Å². The smallest absolute Gasteiger partial charge is 0.318 e. The molecule has 0 fully saturated rings. The van der Waals surface area contributed by atoms with Crippen molar-refractivity contribution in [1.82, 2.24) is 14.5 Å². The highest BCUT2D eigenvalue weighted by Gasteiger charge is 2.13. The van der Waals surface area contributed by atoms with Crippen LogP contribution >= 0.6 is 11.8 Å². The summed E-state index contributed by atoms with van der Waals surface area (Å²) in [4.78, 5) is 19.6. The molecular weight excluding hydrogens is 262 g/mol. The Hall–Kier alpha value is -1.82. The number of hydrogen-bond acceptors (Lipinski definition) is 5. The topological polar surface area (TPSA) is 57.0 Å². The second kappa shape index (κ2) is 6.38. The molecule has 0 saturated heterocycles. The quantitative estimate of drug-likeness (QED) is 0.783. The summed E-state index contributed by atoms with van der Waals surface area (Å²) in [5.74, 6) is 1.35. The Morgan fingerprint density at radius 2 is 2.37 bits per heavy atom. The number of imidazole rings is 1. The van der Waals surface area contributed by atoms with Crippen LogP contribution in [0, 0.1) is 0 Å². The molecule has 0 aliphatic carbocycles. The van der Waals surface area contributed by atoms with Gasteiger partial charge >= 0.3 is 5.97 Å². The Morgan fingerprint density at radius 1 is 1.53 bits per heavy atom. The van der Waals surface area contributed by atoms with Gasteiger partial charge < -0.3 is 4.74 Å². The van der Waals surface area contributed by atoms with E-state index in [1.165, 1.54) is 18.9 Å². The van der Waals surface area contributed by atoms with E-state index in [1.54, 1.807) is 12.5 Å². The minimum absolute atomic E-state index is 0.168. The average Bonchev–Trinajstić information content (AvgIpc) is 2.98. The second-order valence-corrected chi connectivity index (χ2v) is 5.30. The highest BCUT2D eigenvalue weighted by Crippen LogP contribution is 2.18. The number of rotatable bonds is 5. The van der Waals surface area contributed by atoms with Crippen molar-refractivity contribution in [2.45, 2.75) is 17.9 Å². The molecule has 2 rings (SSSR count). The molecule has 6 heteroatoms. The lowest BCUT2D eigenvalue weighted by Crippen LogP contribution is -2.14. The van der Waals surface area contributed by atoms with Crippen molar-refractivity contribution in [2.75, 3.05) is 7.11 Å². The molecule has 1 unspecified atom stereocenters. The lowest BCUT2D eigenvalue weighted by molar-refractivity contribution is -0.139. The third kappa shape index (κ3) is 3.57. The van der Waals surface area contributed by atoms with Crippen molar-refractivity contribution < 1.29 is 9.53 Å². The van der Waals surface area contributed by atoms with Gasteiger partial charge in [-0.2, -0.15) is 0 Å². The number of aromatic nitrogens is 3. The number of carbonyl (C=O) groups excluding carboxylic acids is 1. The van der Waals surface area contributed by atoms with Gasteiger partial charge in [-0.1, -0.05) is 6.07 Å². The first kappa shape index (κ1) is 13.6. The fourth-order valence-electron chi connectivity index (χ4n) is 1.50. The minimum Gasteiger partial charge on any atom is -0.468 e. The molecule has 0 aliphatic heterocycles. The van der Waals surface area contributed by atoms with Crippen LogP contribution < -0.4 is 0 Å². The van der Waals surface area contributed by atoms with E-state index in [0.717, 1.165) is 17.1 Å². The van der Waals surface area contributed by atoms with Crippen LogP contribution in [0.4, 0.5) is 0 Å². The predicted molar refractivity (Wildman–Crippen MR) is 74.1 cm³/mol. The van der Waals surface area contributed by atoms with Crippen LogP contribution in [0.2, 0.25) is 0 Å².